The van der Waals surface area contributed by atoms with Gasteiger partial charge in [0.25, 0.3) is 0 Å². The van der Waals surface area contributed by atoms with Crippen LogP contribution in [0.25, 0.3) is 0 Å². The Hall–Kier alpha value is -0.730. The summed E-state index contributed by atoms with van der Waals surface area (Å²) in [6, 6.07) is 0. The van der Waals surface area contributed by atoms with E-state index in [4.69, 9.17) is 0 Å². The van der Waals surface area contributed by atoms with Gasteiger partial charge in [0.2, 0.25) is 0 Å². The van der Waals surface area contributed by atoms with Crippen molar-refractivity contribution < 1.29 is 0 Å². The third kappa shape index (κ3) is 6.01. The first-order valence-corrected chi connectivity index (χ1v) is 4.71. The van der Waals surface area contributed by atoms with E-state index in [-0.39, 0.29) is 0 Å². The highest BCUT2D eigenvalue weighted by Gasteiger charge is 1.96. The molecule has 0 amide bonds. The Balaban J connectivity index is 3.62. The van der Waals surface area contributed by atoms with Crippen LogP contribution in [0.3, 0.4) is 0 Å². The maximum Gasteiger partial charge on any atom is 0.168 e. The summed E-state index contributed by atoms with van der Waals surface area (Å²) in [6.07, 6.45) is 5.00. The highest BCUT2D eigenvalue weighted by atomic mass is 16.3. The Morgan fingerprint density at radius 3 is 2.33 bits per heavy atom. The summed E-state index contributed by atoms with van der Waals surface area (Å²) in [5, 5.41) is 2.90. The van der Waals surface area contributed by atoms with Crippen LogP contribution in [0.1, 0.15) is 46.0 Å². The standard InChI is InChI=1S/C9H18N2O/c1-3-5-7-9(11-12)10-8-6-4-2/h3-8H2,1-2H3. The molecule has 0 N–H and O–H groups in total. The second kappa shape index (κ2) is 8.37. The van der Waals surface area contributed by atoms with E-state index < -0.39 is 0 Å². The van der Waals surface area contributed by atoms with E-state index >= 15 is 0 Å². The molecule has 0 heterocycles. The molecule has 0 bridgehead atoms. The normalized spacial score (nSPS) is 11.7. The van der Waals surface area contributed by atoms with E-state index in [2.05, 4.69) is 24.0 Å². The fraction of sp³-hybridized carbons (Fsp3) is 0.889. The monoisotopic (exact) mass is 170 g/mol. The van der Waals surface area contributed by atoms with Gasteiger partial charge in [-0.15, -0.1) is 4.91 Å². The van der Waals surface area contributed by atoms with Gasteiger partial charge in [0.05, 0.1) is 0 Å². The molecule has 0 spiro atoms. The van der Waals surface area contributed by atoms with Crippen molar-refractivity contribution in [1.29, 1.82) is 0 Å². The third-order valence-electron chi connectivity index (χ3n) is 1.67. The Morgan fingerprint density at radius 2 is 1.83 bits per heavy atom. The van der Waals surface area contributed by atoms with Gasteiger partial charge >= 0.3 is 0 Å². The topological polar surface area (TPSA) is 41.8 Å². The van der Waals surface area contributed by atoms with Crippen LogP contribution in [0.4, 0.5) is 0 Å². The van der Waals surface area contributed by atoms with Crippen LogP contribution >= 0.6 is 0 Å². The van der Waals surface area contributed by atoms with Crippen LogP contribution in [-0.2, 0) is 0 Å². The lowest BCUT2D eigenvalue weighted by atomic mass is 10.2. The molecule has 0 aromatic carbocycles. The molecule has 12 heavy (non-hydrogen) atoms. The molecule has 0 radical (unpaired) electrons. The molecule has 0 saturated carbocycles. The summed E-state index contributed by atoms with van der Waals surface area (Å²) in [6.45, 7) is 4.95. The van der Waals surface area contributed by atoms with Gasteiger partial charge in [-0.3, -0.25) is 4.99 Å². The van der Waals surface area contributed by atoms with E-state index in [1.165, 1.54) is 0 Å². The summed E-state index contributed by atoms with van der Waals surface area (Å²) >= 11 is 0. The maximum absolute atomic E-state index is 10.2. The lowest BCUT2D eigenvalue weighted by Crippen LogP contribution is -1.94. The van der Waals surface area contributed by atoms with Crippen LogP contribution in [-0.4, -0.2) is 12.4 Å². The molecular weight excluding hydrogens is 152 g/mol. The third-order valence-corrected chi connectivity index (χ3v) is 1.67. The molecule has 3 nitrogen and oxygen atoms in total. The molecule has 0 saturated heterocycles. The number of amidine groups is 1. The molecule has 0 aromatic rings. The number of aliphatic imine (C=N–C) groups is 1. The zero-order chi connectivity index (χ0) is 9.23. The zero-order valence-electron chi connectivity index (χ0n) is 8.05. The summed E-state index contributed by atoms with van der Waals surface area (Å²) in [7, 11) is 0. The number of hydrogen-bond acceptors (Lipinski definition) is 2. The molecule has 0 rings (SSSR count). The maximum atomic E-state index is 10.2. The number of nitroso groups, excluding NO2 is 1. The fourth-order valence-electron chi connectivity index (χ4n) is 0.855. The molecular formula is C9H18N2O. The smallest absolute Gasteiger partial charge is 0.168 e. The average Bonchev–Trinajstić information content (AvgIpc) is 2.11. The number of hydrogen-bond donors (Lipinski definition) is 0. The van der Waals surface area contributed by atoms with E-state index in [1.807, 2.05) is 0 Å². The summed E-state index contributed by atoms with van der Waals surface area (Å²) in [5.41, 5.74) is 0. The zero-order valence-corrected chi connectivity index (χ0v) is 8.05. The van der Waals surface area contributed by atoms with E-state index in [0.29, 0.717) is 5.84 Å². The number of rotatable bonds is 6. The molecule has 0 aliphatic carbocycles. The number of unbranched alkanes of at least 4 members (excludes halogenated alkanes) is 2. The minimum Gasteiger partial charge on any atom is -0.268 e. The predicted octanol–water partition coefficient (Wildman–Crippen LogP) is 3.14. The Labute approximate surface area is 74.2 Å². The summed E-state index contributed by atoms with van der Waals surface area (Å²) in [4.78, 5) is 14.3. The molecule has 0 aromatic heterocycles. The lowest BCUT2D eigenvalue weighted by Gasteiger charge is -1.95. The van der Waals surface area contributed by atoms with Crippen molar-refractivity contribution in [2.24, 2.45) is 10.2 Å². The minimum absolute atomic E-state index is 0.491. The van der Waals surface area contributed by atoms with Crippen molar-refractivity contribution >= 4 is 5.84 Å². The molecule has 70 valence electrons. The highest BCUT2D eigenvalue weighted by Crippen LogP contribution is 1.99. The van der Waals surface area contributed by atoms with E-state index in [0.717, 1.165) is 38.6 Å². The predicted molar refractivity (Wildman–Crippen MR) is 52.5 cm³/mol. The van der Waals surface area contributed by atoms with Crippen molar-refractivity contribution in [2.45, 2.75) is 46.0 Å². The van der Waals surface area contributed by atoms with Crippen LogP contribution < -0.4 is 0 Å². The van der Waals surface area contributed by atoms with Crippen LogP contribution in [0.2, 0.25) is 0 Å². The van der Waals surface area contributed by atoms with Gasteiger partial charge in [-0.1, -0.05) is 26.7 Å². The second-order valence-electron chi connectivity index (χ2n) is 2.85. The largest absolute Gasteiger partial charge is 0.268 e. The van der Waals surface area contributed by atoms with Gasteiger partial charge in [0.15, 0.2) is 5.84 Å². The first kappa shape index (κ1) is 11.3. The molecule has 0 aliphatic heterocycles. The summed E-state index contributed by atoms with van der Waals surface area (Å²) < 4.78 is 0. The minimum atomic E-state index is 0.491. The van der Waals surface area contributed by atoms with E-state index in [9.17, 15) is 4.91 Å². The quantitative estimate of drug-likeness (QED) is 0.261. The fourth-order valence-corrected chi connectivity index (χ4v) is 0.855. The van der Waals surface area contributed by atoms with Gasteiger partial charge in [0.1, 0.15) is 0 Å². The Bertz CT molecular complexity index is 143. The highest BCUT2D eigenvalue weighted by molar-refractivity contribution is 5.82. The number of nitrogens with zero attached hydrogens (tertiary/aromatic N) is 2. The van der Waals surface area contributed by atoms with Gasteiger partial charge in [-0.2, -0.15) is 0 Å². The van der Waals surface area contributed by atoms with Gasteiger partial charge in [0, 0.05) is 13.0 Å². The van der Waals surface area contributed by atoms with Gasteiger partial charge in [-0.05, 0) is 18.0 Å². The lowest BCUT2D eigenvalue weighted by molar-refractivity contribution is 0.790. The second-order valence-corrected chi connectivity index (χ2v) is 2.85. The molecule has 0 fully saturated rings. The van der Waals surface area contributed by atoms with Crippen molar-refractivity contribution in [2.75, 3.05) is 6.54 Å². The first-order chi connectivity index (χ1) is 5.85. The van der Waals surface area contributed by atoms with Crippen molar-refractivity contribution in [1.82, 2.24) is 0 Å². The molecule has 0 unspecified atom stereocenters. The van der Waals surface area contributed by atoms with E-state index in [1.54, 1.807) is 0 Å². The Morgan fingerprint density at radius 1 is 1.17 bits per heavy atom. The summed E-state index contributed by atoms with van der Waals surface area (Å²) in [5.74, 6) is 0.491. The molecule has 0 aliphatic rings. The van der Waals surface area contributed by atoms with Crippen molar-refractivity contribution in [3.8, 4) is 0 Å². The van der Waals surface area contributed by atoms with Crippen LogP contribution in [0.15, 0.2) is 10.2 Å². The van der Waals surface area contributed by atoms with Gasteiger partial charge in [-0.25, -0.2) is 0 Å². The average molecular weight is 170 g/mol. The molecule has 0 atom stereocenters. The van der Waals surface area contributed by atoms with Crippen LogP contribution in [0.5, 0.6) is 0 Å². The SMILES string of the molecule is CCCCN=C(CCCC)N=O. The Kier molecular flexibility index (Phi) is 7.86. The van der Waals surface area contributed by atoms with Gasteiger partial charge < -0.3 is 0 Å². The molecule has 3 heteroatoms. The van der Waals surface area contributed by atoms with Crippen molar-refractivity contribution in [3.05, 3.63) is 4.91 Å². The first-order valence-electron chi connectivity index (χ1n) is 4.71. The van der Waals surface area contributed by atoms with Crippen molar-refractivity contribution in [3.63, 3.8) is 0 Å². The van der Waals surface area contributed by atoms with Crippen LogP contribution in [0, 0.1) is 4.91 Å².